The molecule has 0 unspecified atom stereocenters. The highest BCUT2D eigenvalue weighted by Gasteiger charge is 2.44. The average Bonchev–Trinajstić information content (AvgIpc) is 3.10. The van der Waals surface area contributed by atoms with Crippen molar-refractivity contribution in [3.05, 3.63) is 64.2 Å². The van der Waals surface area contributed by atoms with Crippen molar-refractivity contribution in [3.8, 4) is 5.75 Å². The van der Waals surface area contributed by atoms with Gasteiger partial charge in [0.05, 0.1) is 30.4 Å². The largest absolute Gasteiger partial charge is 0.490 e. The van der Waals surface area contributed by atoms with Crippen molar-refractivity contribution in [3.63, 3.8) is 0 Å². The van der Waals surface area contributed by atoms with E-state index in [9.17, 15) is 18.3 Å². The summed E-state index contributed by atoms with van der Waals surface area (Å²) in [6.45, 7) is 3.78. The van der Waals surface area contributed by atoms with Crippen molar-refractivity contribution in [1.82, 2.24) is 4.72 Å². The second-order valence-electron chi connectivity index (χ2n) is 13.0. The first kappa shape index (κ1) is 30.4. The van der Waals surface area contributed by atoms with Crippen LogP contribution in [0.25, 0.3) is 6.08 Å². The van der Waals surface area contributed by atoms with Crippen LogP contribution in [0.15, 0.2) is 42.5 Å². The molecule has 2 aromatic rings. The second-order valence-corrected chi connectivity index (χ2v) is 15.4. The zero-order valence-electron chi connectivity index (χ0n) is 24.8. The van der Waals surface area contributed by atoms with Crippen LogP contribution in [0.1, 0.15) is 66.9 Å². The number of carbonyl (C=O) groups excluding carboxylic acids is 1. The number of fused-ring (bicyclic) bond motifs is 4. The monoisotopic (exact) mass is 628 g/mol. The van der Waals surface area contributed by atoms with E-state index in [1.54, 1.807) is 18.2 Å². The van der Waals surface area contributed by atoms with Crippen LogP contribution in [0.2, 0.25) is 5.02 Å². The Hall–Kier alpha value is -2.59. The summed E-state index contributed by atoms with van der Waals surface area (Å²) in [7, 11) is -2.55. The predicted molar refractivity (Wildman–Crippen MR) is 168 cm³/mol. The van der Waals surface area contributed by atoms with Crippen LogP contribution in [0.3, 0.4) is 0 Å². The summed E-state index contributed by atoms with van der Waals surface area (Å²) >= 11 is 6.36. The first-order chi connectivity index (χ1) is 20.6. The number of rotatable bonds is 2. The smallest absolute Gasteiger partial charge is 0.264 e. The molecule has 6 rings (SSSR count). The van der Waals surface area contributed by atoms with Crippen molar-refractivity contribution in [2.45, 2.75) is 62.2 Å². The molecular weight excluding hydrogens is 588 g/mol. The predicted octanol–water partition coefficient (Wildman–Crippen LogP) is 5.18. The van der Waals surface area contributed by atoms with Crippen LogP contribution in [-0.4, -0.2) is 64.2 Å². The Labute approximate surface area is 259 Å². The highest BCUT2D eigenvalue weighted by Crippen LogP contribution is 2.46. The van der Waals surface area contributed by atoms with Gasteiger partial charge in [0.15, 0.2) is 0 Å². The number of aliphatic hydroxyl groups is 1. The molecule has 232 valence electrons. The molecule has 2 heterocycles. The lowest BCUT2D eigenvalue weighted by atomic mass is 9.68. The number of benzene rings is 2. The molecule has 2 aliphatic heterocycles. The molecule has 6 atom stereocenters. The Bertz CT molecular complexity index is 1510. The van der Waals surface area contributed by atoms with Gasteiger partial charge in [-0.1, -0.05) is 36.7 Å². The minimum Gasteiger partial charge on any atom is -0.490 e. The molecule has 43 heavy (non-hydrogen) atoms. The SMILES string of the molecule is COC[C@@H]1C[C@H](C)CC[C@H](O)[C@@H]2CC[C@H]2CN2C[C@@]3(CC=Cc4cc(Cl)ccc43)COc3ccc(cc32)C(=O)NS1(=O)=O. The lowest BCUT2D eigenvalue weighted by Crippen LogP contribution is -2.49. The zero-order chi connectivity index (χ0) is 30.4. The number of anilines is 1. The maximum absolute atomic E-state index is 13.4. The molecule has 2 bridgehead atoms. The van der Waals surface area contributed by atoms with Crippen LogP contribution in [0.5, 0.6) is 5.75 Å². The van der Waals surface area contributed by atoms with E-state index < -0.39 is 27.3 Å². The minimum atomic E-state index is -4.02. The zero-order valence-corrected chi connectivity index (χ0v) is 26.4. The summed E-state index contributed by atoms with van der Waals surface area (Å²) in [5, 5.41) is 11.1. The van der Waals surface area contributed by atoms with Gasteiger partial charge < -0.3 is 19.5 Å². The quantitative estimate of drug-likeness (QED) is 0.472. The fourth-order valence-electron chi connectivity index (χ4n) is 7.45. The first-order valence-corrected chi connectivity index (χ1v) is 17.2. The Morgan fingerprint density at radius 2 is 2.00 bits per heavy atom. The number of allylic oxidation sites excluding steroid dienone is 1. The molecule has 1 fully saturated rings. The van der Waals surface area contributed by atoms with Gasteiger partial charge in [0.1, 0.15) is 11.0 Å². The normalized spacial score (nSPS) is 32.0. The van der Waals surface area contributed by atoms with Gasteiger partial charge in [-0.2, -0.15) is 0 Å². The number of nitrogens with zero attached hydrogens (tertiary/aromatic N) is 1. The van der Waals surface area contributed by atoms with Gasteiger partial charge in [0.2, 0.25) is 10.0 Å². The molecule has 4 aliphatic rings. The Balaban J connectivity index is 1.41. The highest BCUT2D eigenvalue weighted by molar-refractivity contribution is 7.90. The number of hydrogen-bond donors (Lipinski definition) is 2. The van der Waals surface area contributed by atoms with Gasteiger partial charge in [0.25, 0.3) is 5.91 Å². The number of aliphatic hydroxyl groups excluding tert-OH is 1. The minimum absolute atomic E-state index is 0.0186. The third kappa shape index (κ3) is 6.06. The van der Waals surface area contributed by atoms with Gasteiger partial charge in [-0.15, -0.1) is 0 Å². The fraction of sp³-hybridized carbons (Fsp3) is 0.545. The van der Waals surface area contributed by atoms with E-state index >= 15 is 0 Å². The second kappa shape index (κ2) is 12.1. The van der Waals surface area contributed by atoms with E-state index in [1.807, 2.05) is 19.1 Å². The van der Waals surface area contributed by atoms with Crippen molar-refractivity contribution in [2.24, 2.45) is 17.8 Å². The molecule has 0 saturated heterocycles. The number of halogens is 1. The van der Waals surface area contributed by atoms with Gasteiger partial charge in [-0.3, -0.25) is 4.79 Å². The molecule has 1 saturated carbocycles. The summed E-state index contributed by atoms with van der Waals surface area (Å²) in [5.74, 6) is 0.495. The number of hydrogen-bond acceptors (Lipinski definition) is 7. The van der Waals surface area contributed by atoms with E-state index in [0.717, 1.165) is 30.5 Å². The molecule has 2 aromatic carbocycles. The van der Waals surface area contributed by atoms with E-state index in [0.29, 0.717) is 55.6 Å². The summed E-state index contributed by atoms with van der Waals surface area (Å²) in [6.07, 6.45) is 8.26. The fourth-order valence-corrected chi connectivity index (χ4v) is 9.07. The average molecular weight is 629 g/mol. The molecule has 8 nitrogen and oxygen atoms in total. The maximum Gasteiger partial charge on any atom is 0.264 e. The first-order valence-electron chi connectivity index (χ1n) is 15.3. The number of amides is 1. The van der Waals surface area contributed by atoms with Gasteiger partial charge in [-0.25, -0.2) is 13.1 Å². The molecule has 0 radical (unpaired) electrons. The summed E-state index contributed by atoms with van der Waals surface area (Å²) in [5.41, 5.74) is 2.92. The van der Waals surface area contributed by atoms with Crippen molar-refractivity contribution in [2.75, 3.05) is 38.3 Å². The Kier molecular flexibility index (Phi) is 8.54. The lowest BCUT2D eigenvalue weighted by Gasteiger charge is -2.45. The molecule has 2 aliphatic carbocycles. The molecule has 2 N–H and O–H groups in total. The van der Waals surface area contributed by atoms with Crippen molar-refractivity contribution < 1.29 is 27.8 Å². The van der Waals surface area contributed by atoms with Gasteiger partial charge in [0, 0.05) is 30.8 Å². The number of ether oxygens (including phenoxy) is 2. The summed E-state index contributed by atoms with van der Waals surface area (Å²) < 4.78 is 40.9. The van der Waals surface area contributed by atoms with Gasteiger partial charge in [-0.05, 0) is 97.7 Å². The summed E-state index contributed by atoms with van der Waals surface area (Å²) in [6, 6.07) is 11.2. The molecular formula is C33H41ClN2O6S. The molecule has 0 aromatic heterocycles. The Morgan fingerprint density at radius 1 is 1.16 bits per heavy atom. The third-order valence-electron chi connectivity index (χ3n) is 10.0. The molecule has 10 heteroatoms. The van der Waals surface area contributed by atoms with Crippen LogP contribution in [-0.2, 0) is 20.2 Å². The van der Waals surface area contributed by atoms with E-state index in [-0.39, 0.29) is 29.4 Å². The standard InChI is InChI=1S/C33H41ClN2O6S/c1-21-5-11-30(37)27-9-6-24(27)17-36-19-33(13-3-4-22-15-25(34)8-10-28(22)33)20-42-31-12-7-23(16-29(31)36)32(38)35-43(39,40)26(14-21)18-41-2/h3-4,7-8,10,12,15-16,21,24,26-27,30,37H,5-6,9,11,13-14,17-20H2,1-2H3,(H,35,38)/t21-,24+,26+,27-,30+,33+/m1/s1. The number of nitrogens with one attached hydrogen (secondary N) is 1. The van der Waals surface area contributed by atoms with Crippen LogP contribution < -0.4 is 14.4 Å². The molecule has 1 spiro atoms. The van der Waals surface area contributed by atoms with Crippen molar-refractivity contribution in [1.29, 1.82) is 0 Å². The van der Waals surface area contributed by atoms with Gasteiger partial charge >= 0.3 is 0 Å². The van der Waals surface area contributed by atoms with Crippen LogP contribution in [0.4, 0.5) is 5.69 Å². The topological polar surface area (TPSA) is 105 Å². The lowest BCUT2D eigenvalue weighted by molar-refractivity contribution is 0.00696. The van der Waals surface area contributed by atoms with Crippen LogP contribution in [0, 0.1) is 17.8 Å². The number of carbonyl (C=O) groups is 1. The van der Waals surface area contributed by atoms with E-state index in [4.69, 9.17) is 21.1 Å². The third-order valence-corrected chi connectivity index (χ3v) is 11.9. The number of sulfonamides is 1. The summed E-state index contributed by atoms with van der Waals surface area (Å²) in [4.78, 5) is 15.7. The van der Waals surface area contributed by atoms with Crippen molar-refractivity contribution >= 4 is 39.3 Å². The highest BCUT2D eigenvalue weighted by atomic mass is 35.5. The number of methoxy groups -OCH3 is 1. The Morgan fingerprint density at radius 3 is 2.77 bits per heavy atom. The van der Waals surface area contributed by atoms with Crippen LogP contribution >= 0.6 is 11.6 Å². The van der Waals surface area contributed by atoms with E-state index in [2.05, 4.69) is 27.8 Å². The molecule has 1 amide bonds. The van der Waals surface area contributed by atoms with E-state index in [1.165, 1.54) is 12.7 Å². The maximum atomic E-state index is 13.4.